The van der Waals surface area contributed by atoms with Crippen LogP contribution in [0.3, 0.4) is 0 Å². The van der Waals surface area contributed by atoms with Gasteiger partial charge in [-0.15, -0.1) is 0 Å². The quantitative estimate of drug-likeness (QED) is 0.793. The average Bonchev–Trinajstić information content (AvgIpc) is 2.37. The summed E-state index contributed by atoms with van der Waals surface area (Å²) in [5.74, 6) is 0. The Labute approximate surface area is 100 Å². The molecule has 0 spiro atoms. The van der Waals surface area contributed by atoms with E-state index in [1.54, 1.807) is 6.07 Å². The predicted molar refractivity (Wildman–Crippen MR) is 60.6 cm³/mol. The Kier molecular flexibility index (Phi) is 3.89. The van der Waals surface area contributed by atoms with Crippen LogP contribution in [0.15, 0.2) is 6.07 Å². The number of nitriles is 1. The standard InChI is InChI=1S/C12H15N3O2/c1-9-6-10(7-13)15-12(14-9)17-8-11-4-2-3-5-16-11/h6,11H,2-5,8H2,1H3. The monoisotopic (exact) mass is 233 g/mol. The van der Waals surface area contributed by atoms with E-state index in [0.29, 0.717) is 12.3 Å². The molecular formula is C12H15N3O2. The number of aromatic nitrogens is 2. The summed E-state index contributed by atoms with van der Waals surface area (Å²) in [4.78, 5) is 8.11. The maximum Gasteiger partial charge on any atom is 0.317 e. The van der Waals surface area contributed by atoms with Crippen molar-refractivity contribution in [2.24, 2.45) is 0 Å². The molecule has 1 aliphatic rings. The van der Waals surface area contributed by atoms with E-state index in [1.807, 2.05) is 13.0 Å². The molecule has 2 heterocycles. The van der Waals surface area contributed by atoms with Crippen LogP contribution in [0.1, 0.15) is 30.7 Å². The normalized spacial score (nSPS) is 19.6. The lowest BCUT2D eigenvalue weighted by molar-refractivity contribution is -0.0129. The SMILES string of the molecule is Cc1cc(C#N)nc(OCC2CCCCO2)n1. The summed E-state index contributed by atoms with van der Waals surface area (Å²) >= 11 is 0. The molecule has 17 heavy (non-hydrogen) atoms. The van der Waals surface area contributed by atoms with Crippen molar-refractivity contribution in [2.45, 2.75) is 32.3 Å². The number of rotatable bonds is 3. The summed E-state index contributed by atoms with van der Waals surface area (Å²) < 4.78 is 11.0. The molecular weight excluding hydrogens is 218 g/mol. The fourth-order valence-corrected chi connectivity index (χ4v) is 1.77. The Balaban J connectivity index is 1.94. The Morgan fingerprint density at radius 2 is 2.41 bits per heavy atom. The third-order valence-electron chi connectivity index (χ3n) is 2.62. The van der Waals surface area contributed by atoms with Gasteiger partial charge in [-0.1, -0.05) is 0 Å². The summed E-state index contributed by atoms with van der Waals surface area (Å²) in [6.07, 6.45) is 3.43. The van der Waals surface area contributed by atoms with Gasteiger partial charge in [-0.25, -0.2) is 4.98 Å². The van der Waals surface area contributed by atoms with Crippen LogP contribution in [0.5, 0.6) is 6.01 Å². The van der Waals surface area contributed by atoms with E-state index >= 15 is 0 Å². The number of hydrogen-bond donors (Lipinski definition) is 0. The van der Waals surface area contributed by atoms with Crippen molar-refractivity contribution >= 4 is 0 Å². The van der Waals surface area contributed by atoms with Gasteiger partial charge in [-0.2, -0.15) is 10.2 Å². The fraction of sp³-hybridized carbons (Fsp3) is 0.583. The van der Waals surface area contributed by atoms with E-state index in [0.717, 1.165) is 25.1 Å². The van der Waals surface area contributed by atoms with E-state index in [-0.39, 0.29) is 12.1 Å². The van der Waals surface area contributed by atoms with Crippen molar-refractivity contribution in [1.29, 1.82) is 5.26 Å². The molecule has 0 saturated carbocycles. The molecule has 0 amide bonds. The summed E-state index contributed by atoms with van der Waals surface area (Å²) in [7, 11) is 0. The molecule has 0 aliphatic carbocycles. The van der Waals surface area contributed by atoms with Crippen LogP contribution in [0, 0.1) is 18.3 Å². The average molecular weight is 233 g/mol. The van der Waals surface area contributed by atoms with Gasteiger partial charge in [0.1, 0.15) is 18.4 Å². The van der Waals surface area contributed by atoms with Gasteiger partial charge < -0.3 is 9.47 Å². The van der Waals surface area contributed by atoms with Crippen molar-refractivity contribution in [2.75, 3.05) is 13.2 Å². The third-order valence-corrected chi connectivity index (χ3v) is 2.62. The largest absolute Gasteiger partial charge is 0.461 e. The molecule has 5 nitrogen and oxygen atoms in total. The van der Waals surface area contributed by atoms with Crippen LogP contribution in [0.25, 0.3) is 0 Å². The summed E-state index contributed by atoms with van der Waals surface area (Å²) in [6.45, 7) is 3.06. The van der Waals surface area contributed by atoms with Crippen LogP contribution < -0.4 is 4.74 Å². The molecule has 1 aromatic rings. The molecule has 0 radical (unpaired) electrons. The Morgan fingerprint density at radius 3 is 3.12 bits per heavy atom. The lowest BCUT2D eigenvalue weighted by Crippen LogP contribution is -2.26. The van der Waals surface area contributed by atoms with Crippen molar-refractivity contribution in [3.63, 3.8) is 0 Å². The van der Waals surface area contributed by atoms with E-state index in [9.17, 15) is 0 Å². The molecule has 1 unspecified atom stereocenters. The fourth-order valence-electron chi connectivity index (χ4n) is 1.77. The molecule has 5 heteroatoms. The van der Waals surface area contributed by atoms with E-state index in [2.05, 4.69) is 9.97 Å². The van der Waals surface area contributed by atoms with Gasteiger partial charge in [-0.3, -0.25) is 0 Å². The highest BCUT2D eigenvalue weighted by Crippen LogP contribution is 2.14. The van der Waals surface area contributed by atoms with Crippen LogP contribution in [-0.4, -0.2) is 29.3 Å². The zero-order valence-electron chi connectivity index (χ0n) is 9.85. The predicted octanol–water partition coefficient (Wildman–Crippen LogP) is 1.60. The minimum absolute atomic E-state index is 0.124. The first-order chi connectivity index (χ1) is 8.28. The molecule has 1 aliphatic heterocycles. The molecule has 90 valence electrons. The van der Waals surface area contributed by atoms with Crippen molar-refractivity contribution in [3.8, 4) is 12.1 Å². The maximum atomic E-state index is 8.78. The van der Waals surface area contributed by atoms with Crippen LogP contribution in [-0.2, 0) is 4.74 Å². The minimum atomic E-state index is 0.124. The van der Waals surface area contributed by atoms with Crippen LogP contribution in [0.4, 0.5) is 0 Å². The molecule has 1 saturated heterocycles. The van der Waals surface area contributed by atoms with Crippen LogP contribution >= 0.6 is 0 Å². The maximum absolute atomic E-state index is 8.78. The number of hydrogen-bond acceptors (Lipinski definition) is 5. The van der Waals surface area contributed by atoms with Gasteiger partial charge in [-0.05, 0) is 32.3 Å². The second-order valence-corrected chi connectivity index (χ2v) is 4.09. The molecule has 0 aromatic carbocycles. The van der Waals surface area contributed by atoms with Gasteiger partial charge >= 0.3 is 6.01 Å². The van der Waals surface area contributed by atoms with Gasteiger partial charge in [0.05, 0.1) is 6.10 Å². The molecule has 2 rings (SSSR count). The first-order valence-electron chi connectivity index (χ1n) is 5.78. The zero-order valence-corrected chi connectivity index (χ0v) is 9.85. The summed E-state index contributed by atoms with van der Waals surface area (Å²) in [5, 5.41) is 8.78. The van der Waals surface area contributed by atoms with Crippen molar-refractivity contribution in [3.05, 3.63) is 17.5 Å². The summed E-state index contributed by atoms with van der Waals surface area (Å²) in [6, 6.07) is 3.87. The van der Waals surface area contributed by atoms with Crippen molar-refractivity contribution in [1.82, 2.24) is 9.97 Å². The smallest absolute Gasteiger partial charge is 0.317 e. The van der Waals surface area contributed by atoms with E-state index in [1.165, 1.54) is 6.42 Å². The summed E-state index contributed by atoms with van der Waals surface area (Å²) in [5.41, 5.74) is 1.06. The molecule has 1 atom stereocenters. The Hall–Kier alpha value is -1.67. The number of ether oxygens (including phenoxy) is 2. The molecule has 1 aromatic heterocycles. The van der Waals surface area contributed by atoms with Crippen LogP contribution in [0.2, 0.25) is 0 Å². The van der Waals surface area contributed by atoms with Gasteiger partial charge in [0.15, 0.2) is 0 Å². The highest BCUT2D eigenvalue weighted by molar-refractivity contribution is 5.23. The first-order valence-corrected chi connectivity index (χ1v) is 5.78. The highest BCUT2D eigenvalue weighted by Gasteiger charge is 2.15. The molecule has 1 fully saturated rings. The van der Waals surface area contributed by atoms with E-state index in [4.69, 9.17) is 14.7 Å². The minimum Gasteiger partial charge on any atom is -0.461 e. The second-order valence-electron chi connectivity index (χ2n) is 4.09. The second kappa shape index (κ2) is 5.60. The first kappa shape index (κ1) is 11.8. The third kappa shape index (κ3) is 3.40. The van der Waals surface area contributed by atoms with Crippen molar-refractivity contribution < 1.29 is 9.47 Å². The molecule has 0 N–H and O–H groups in total. The zero-order chi connectivity index (χ0) is 12.1. The van der Waals surface area contributed by atoms with Gasteiger partial charge in [0.25, 0.3) is 0 Å². The highest BCUT2D eigenvalue weighted by atomic mass is 16.5. The topological polar surface area (TPSA) is 68.0 Å². The number of aryl methyl sites for hydroxylation is 1. The lowest BCUT2D eigenvalue weighted by Gasteiger charge is -2.22. The van der Waals surface area contributed by atoms with Gasteiger partial charge in [0, 0.05) is 12.3 Å². The number of nitrogens with zero attached hydrogens (tertiary/aromatic N) is 3. The Bertz CT molecular complexity index is 422. The van der Waals surface area contributed by atoms with E-state index < -0.39 is 0 Å². The lowest BCUT2D eigenvalue weighted by atomic mass is 10.1. The van der Waals surface area contributed by atoms with Gasteiger partial charge in [0.2, 0.25) is 0 Å². The molecule has 0 bridgehead atoms. The Morgan fingerprint density at radius 1 is 1.53 bits per heavy atom.